The van der Waals surface area contributed by atoms with Crippen LogP contribution in [0.25, 0.3) is 0 Å². The van der Waals surface area contributed by atoms with E-state index in [4.69, 9.17) is 5.73 Å². The number of pyridine rings is 1. The van der Waals surface area contributed by atoms with Gasteiger partial charge in [-0.15, -0.1) is 0 Å². The first-order valence-electron chi connectivity index (χ1n) is 6.11. The zero-order valence-electron chi connectivity index (χ0n) is 10.1. The first-order valence-corrected chi connectivity index (χ1v) is 6.11. The molecule has 0 aromatic carbocycles. The molecule has 2 heterocycles. The van der Waals surface area contributed by atoms with E-state index < -0.39 is 5.60 Å². The SMILES string of the molecule is Nc1cnn(Cc2ccc(C3(O)CCC3)nc2)c1. The summed E-state index contributed by atoms with van der Waals surface area (Å²) in [5, 5.41) is 14.3. The second-order valence-corrected chi connectivity index (χ2v) is 4.91. The summed E-state index contributed by atoms with van der Waals surface area (Å²) >= 11 is 0. The zero-order chi connectivity index (χ0) is 12.6. The van der Waals surface area contributed by atoms with E-state index in [0.29, 0.717) is 12.2 Å². The maximum atomic E-state index is 10.2. The average molecular weight is 244 g/mol. The van der Waals surface area contributed by atoms with E-state index in [9.17, 15) is 5.11 Å². The van der Waals surface area contributed by atoms with Gasteiger partial charge >= 0.3 is 0 Å². The van der Waals surface area contributed by atoms with Crippen molar-refractivity contribution in [3.8, 4) is 0 Å². The largest absolute Gasteiger partial charge is 0.396 e. The van der Waals surface area contributed by atoms with Crippen LogP contribution in [0.15, 0.2) is 30.7 Å². The lowest BCUT2D eigenvalue weighted by Crippen LogP contribution is -2.34. The fourth-order valence-corrected chi connectivity index (χ4v) is 2.21. The van der Waals surface area contributed by atoms with E-state index in [-0.39, 0.29) is 0 Å². The highest BCUT2D eigenvalue weighted by Gasteiger charge is 2.37. The smallest absolute Gasteiger partial charge is 0.106 e. The maximum absolute atomic E-state index is 10.2. The molecule has 0 amide bonds. The van der Waals surface area contributed by atoms with Crippen molar-refractivity contribution in [2.45, 2.75) is 31.4 Å². The second kappa shape index (κ2) is 4.10. The Kier molecular flexibility index (Phi) is 2.56. The highest BCUT2D eigenvalue weighted by atomic mass is 16.3. The van der Waals surface area contributed by atoms with Crippen LogP contribution in [0, 0.1) is 0 Å². The number of hydrogen-bond acceptors (Lipinski definition) is 4. The summed E-state index contributed by atoms with van der Waals surface area (Å²) in [7, 11) is 0. The van der Waals surface area contributed by atoms with Crippen LogP contribution in [0.1, 0.15) is 30.5 Å². The minimum Gasteiger partial charge on any atom is -0.396 e. The normalized spacial score (nSPS) is 17.4. The van der Waals surface area contributed by atoms with Crippen LogP contribution in [-0.2, 0) is 12.1 Å². The molecule has 0 unspecified atom stereocenters. The number of anilines is 1. The van der Waals surface area contributed by atoms with Gasteiger partial charge in [-0.25, -0.2) is 0 Å². The van der Waals surface area contributed by atoms with Crippen molar-refractivity contribution in [2.24, 2.45) is 0 Å². The first-order chi connectivity index (χ1) is 8.66. The summed E-state index contributed by atoms with van der Waals surface area (Å²) in [6, 6.07) is 3.89. The van der Waals surface area contributed by atoms with Crippen molar-refractivity contribution in [1.82, 2.24) is 14.8 Å². The summed E-state index contributed by atoms with van der Waals surface area (Å²) in [5.41, 5.74) is 7.40. The lowest BCUT2D eigenvalue weighted by molar-refractivity contribution is -0.0426. The monoisotopic (exact) mass is 244 g/mol. The van der Waals surface area contributed by atoms with Crippen LogP contribution in [0.2, 0.25) is 0 Å². The van der Waals surface area contributed by atoms with Crippen LogP contribution >= 0.6 is 0 Å². The molecule has 5 heteroatoms. The first kappa shape index (κ1) is 11.2. The van der Waals surface area contributed by atoms with Crippen molar-refractivity contribution >= 4 is 5.69 Å². The predicted molar refractivity (Wildman–Crippen MR) is 67.7 cm³/mol. The molecule has 3 N–H and O–H groups in total. The molecule has 2 aromatic rings. The van der Waals surface area contributed by atoms with Gasteiger partial charge in [0.25, 0.3) is 0 Å². The van der Waals surface area contributed by atoms with Crippen LogP contribution < -0.4 is 5.73 Å². The highest BCUT2D eigenvalue weighted by Crippen LogP contribution is 2.39. The van der Waals surface area contributed by atoms with Gasteiger partial charge in [0.1, 0.15) is 5.60 Å². The molecule has 1 aliphatic carbocycles. The average Bonchev–Trinajstić information content (AvgIpc) is 2.73. The minimum atomic E-state index is -0.686. The Bertz CT molecular complexity index is 542. The molecule has 18 heavy (non-hydrogen) atoms. The molecule has 0 radical (unpaired) electrons. The molecule has 5 nitrogen and oxygen atoms in total. The van der Waals surface area contributed by atoms with E-state index in [1.165, 1.54) is 0 Å². The molecule has 0 bridgehead atoms. The molecule has 0 atom stereocenters. The van der Waals surface area contributed by atoms with Gasteiger partial charge in [-0.1, -0.05) is 6.07 Å². The second-order valence-electron chi connectivity index (χ2n) is 4.91. The number of aliphatic hydroxyl groups is 1. The molecule has 2 aromatic heterocycles. The number of hydrogen-bond donors (Lipinski definition) is 2. The Labute approximate surface area is 105 Å². The van der Waals surface area contributed by atoms with Gasteiger partial charge in [0.05, 0.1) is 24.1 Å². The number of rotatable bonds is 3. The summed E-state index contributed by atoms with van der Waals surface area (Å²) in [4.78, 5) is 4.35. The van der Waals surface area contributed by atoms with Crippen LogP contribution in [0.4, 0.5) is 5.69 Å². The van der Waals surface area contributed by atoms with Gasteiger partial charge in [-0.3, -0.25) is 9.67 Å². The maximum Gasteiger partial charge on any atom is 0.106 e. The quantitative estimate of drug-likeness (QED) is 0.852. The fraction of sp³-hybridized carbons (Fsp3) is 0.385. The summed E-state index contributed by atoms with van der Waals surface area (Å²) in [5.74, 6) is 0. The lowest BCUT2D eigenvalue weighted by Gasteiger charge is -2.35. The molecule has 0 saturated heterocycles. The van der Waals surface area contributed by atoms with E-state index >= 15 is 0 Å². The topological polar surface area (TPSA) is 77.0 Å². The molecule has 1 fully saturated rings. The van der Waals surface area contributed by atoms with Gasteiger partial charge < -0.3 is 10.8 Å². The fourth-order valence-electron chi connectivity index (χ4n) is 2.21. The van der Waals surface area contributed by atoms with Crippen LogP contribution in [-0.4, -0.2) is 19.9 Å². The molecular formula is C13H16N4O. The van der Waals surface area contributed by atoms with E-state index in [2.05, 4.69) is 10.1 Å². The van der Waals surface area contributed by atoms with E-state index in [0.717, 1.165) is 30.5 Å². The Morgan fingerprint density at radius 3 is 2.67 bits per heavy atom. The van der Waals surface area contributed by atoms with Crippen molar-refractivity contribution in [1.29, 1.82) is 0 Å². The van der Waals surface area contributed by atoms with Gasteiger partial charge in [-0.05, 0) is 30.9 Å². The van der Waals surface area contributed by atoms with E-state index in [1.807, 2.05) is 12.1 Å². The third-order valence-corrected chi connectivity index (χ3v) is 3.48. The van der Waals surface area contributed by atoms with Gasteiger partial charge in [0.15, 0.2) is 0 Å². The molecular weight excluding hydrogens is 228 g/mol. The van der Waals surface area contributed by atoms with Crippen LogP contribution in [0.3, 0.4) is 0 Å². The van der Waals surface area contributed by atoms with Crippen molar-refractivity contribution < 1.29 is 5.11 Å². The number of aromatic nitrogens is 3. The summed E-state index contributed by atoms with van der Waals surface area (Å²) in [6.45, 7) is 0.642. The predicted octanol–water partition coefficient (Wildman–Crippen LogP) is 1.28. The van der Waals surface area contributed by atoms with Crippen molar-refractivity contribution in [2.75, 3.05) is 5.73 Å². The van der Waals surface area contributed by atoms with Gasteiger partial charge in [0, 0.05) is 12.4 Å². The van der Waals surface area contributed by atoms with E-state index in [1.54, 1.807) is 23.3 Å². The summed E-state index contributed by atoms with van der Waals surface area (Å²) in [6.07, 6.45) is 7.91. The zero-order valence-corrected chi connectivity index (χ0v) is 10.1. The van der Waals surface area contributed by atoms with Crippen molar-refractivity contribution in [3.63, 3.8) is 0 Å². The third-order valence-electron chi connectivity index (χ3n) is 3.48. The van der Waals surface area contributed by atoms with Gasteiger partial charge in [0.2, 0.25) is 0 Å². The Hall–Kier alpha value is -1.88. The number of nitrogen functional groups attached to an aromatic ring is 1. The number of nitrogens with two attached hydrogens (primary N) is 1. The minimum absolute atomic E-state index is 0.642. The molecule has 0 spiro atoms. The molecule has 94 valence electrons. The van der Waals surface area contributed by atoms with Gasteiger partial charge in [-0.2, -0.15) is 5.10 Å². The highest BCUT2D eigenvalue weighted by molar-refractivity contribution is 5.31. The molecule has 3 rings (SSSR count). The summed E-state index contributed by atoms with van der Waals surface area (Å²) < 4.78 is 1.77. The standard InChI is InChI=1S/C13H16N4O/c14-11-7-16-17(9-11)8-10-2-3-12(15-6-10)13(18)4-1-5-13/h2-3,6-7,9,18H,1,4-5,8,14H2. The Morgan fingerprint density at radius 2 is 2.17 bits per heavy atom. The molecule has 0 aliphatic heterocycles. The Morgan fingerprint density at radius 1 is 1.33 bits per heavy atom. The molecule has 1 aliphatic rings. The lowest BCUT2D eigenvalue weighted by atomic mass is 9.77. The molecule has 1 saturated carbocycles. The number of nitrogens with zero attached hydrogens (tertiary/aromatic N) is 3. The van der Waals surface area contributed by atoms with Crippen LogP contribution in [0.5, 0.6) is 0 Å². The Balaban J connectivity index is 1.75. The third kappa shape index (κ3) is 1.97. The van der Waals surface area contributed by atoms with Crippen molar-refractivity contribution in [3.05, 3.63) is 42.0 Å².